The van der Waals surface area contributed by atoms with Gasteiger partial charge in [-0.2, -0.15) is 0 Å². The lowest BCUT2D eigenvalue weighted by atomic mass is 9.90. The summed E-state index contributed by atoms with van der Waals surface area (Å²) in [6.07, 6.45) is 0. The lowest BCUT2D eigenvalue weighted by Gasteiger charge is -2.29. The second-order valence-corrected chi connectivity index (χ2v) is 5.31. The molecule has 0 spiro atoms. The number of ether oxygens (including phenoxy) is 2. The van der Waals surface area contributed by atoms with Gasteiger partial charge in [-0.1, -0.05) is 38.1 Å². The first-order valence-electron chi connectivity index (χ1n) is 6.88. The molecule has 112 valence electrons. The third-order valence-corrected chi connectivity index (χ3v) is 3.53. The maximum absolute atomic E-state index is 12.1. The van der Waals surface area contributed by atoms with Crippen LogP contribution < -0.4 is 5.32 Å². The maximum Gasteiger partial charge on any atom is 0.330 e. The van der Waals surface area contributed by atoms with Crippen LogP contribution in [0.15, 0.2) is 24.3 Å². The molecule has 0 aliphatic carbocycles. The van der Waals surface area contributed by atoms with Crippen LogP contribution in [0.25, 0.3) is 0 Å². The van der Waals surface area contributed by atoms with E-state index >= 15 is 0 Å². The normalized spacial score (nSPS) is 14.1. The van der Waals surface area contributed by atoms with Gasteiger partial charge >= 0.3 is 5.97 Å². The number of carbonyl (C=O) groups is 1. The standard InChI is InChI=1S/C16H25NO3/c1-12(2)13-6-8-14(9-7-13)16(3,15(18)20-5)17-10-11-19-4/h6-9,12,17H,10-11H2,1-5H3. The van der Waals surface area contributed by atoms with Crippen molar-refractivity contribution in [2.24, 2.45) is 0 Å². The summed E-state index contributed by atoms with van der Waals surface area (Å²) in [5.41, 5.74) is 1.28. The van der Waals surface area contributed by atoms with E-state index in [1.54, 1.807) is 7.11 Å². The number of methoxy groups -OCH3 is 2. The highest BCUT2D eigenvalue weighted by Crippen LogP contribution is 2.24. The zero-order chi connectivity index (χ0) is 15.2. The van der Waals surface area contributed by atoms with Crippen molar-refractivity contribution in [1.29, 1.82) is 0 Å². The molecule has 1 unspecified atom stereocenters. The molecular formula is C16H25NO3. The topological polar surface area (TPSA) is 47.6 Å². The highest BCUT2D eigenvalue weighted by Gasteiger charge is 2.35. The summed E-state index contributed by atoms with van der Waals surface area (Å²) >= 11 is 0. The van der Waals surface area contributed by atoms with Crippen molar-refractivity contribution in [2.75, 3.05) is 27.4 Å². The Balaban J connectivity index is 3.00. The zero-order valence-corrected chi connectivity index (χ0v) is 13.0. The highest BCUT2D eigenvalue weighted by molar-refractivity contribution is 5.82. The van der Waals surface area contributed by atoms with Gasteiger partial charge in [-0.25, -0.2) is 4.79 Å². The van der Waals surface area contributed by atoms with E-state index in [2.05, 4.69) is 31.3 Å². The Labute approximate surface area is 121 Å². The van der Waals surface area contributed by atoms with Gasteiger partial charge in [0.15, 0.2) is 0 Å². The van der Waals surface area contributed by atoms with Gasteiger partial charge in [0.05, 0.1) is 13.7 Å². The number of benzene rings is 1. The van der Waals surface area contributed by atoms with E-state index in [4.69, 9.17) is 9.47 Å². The molecule has 0 aromatic heterocycles. The minimum atomic E-state index is -0.858. The lowest BCUT2D eigenvalue weighted by molar-refractivity contribution is -0.148. The molecule has 1 rings (SSSR count). The molecule has 0 saturated heterocycles. The van der Waals surface area contributed by atoms with Crippen molar-refractivity contribution in [3.8, 4) is 0 Å². The minimum Gasteiger partial charge on any atom is -0.467 e. The van der Waals surface area contributed by atoms with Gasteiger partial charge in [-0.05, 0) is 24.0 Å². The lowest BCUT2D eigenvalue weighted by Crippen LogP contribution is -2.48. The number of carbonyl (C=O) groups excluding carboxylic acids is 1. The second-order valence-electron chi connectivity index (χ2n) is 5.31. The molecule has 1 aromatic rings. The van der Waals surface area contributed by atoms with E-state index in [-0.39, 0.29) is 5.97 Å². The number of esters is 1. The molecule has 1 N–H and O–H groups in total. The molecule has 20 heavy (non-hydrogen) atoms. The first-order chi connectivity index (χ1) is 9.45. The van der Waals surface area contributed by atoms with Crippen molar-refractivity contribution in [1.82, 2.24) is 5.32 Å². The Morgan fingerprint density at radius 1 is 1.25 bits per heavy atom. The Bertz CT molecular complexity index is 428. The molecule has 0 radical (unpaired) electrons. The van der Waals surface area contributed by atoms with Gasteiger partial charge in [0.1, 0.15) is 5.54 Å². The van der Waals surface area contributed by atoms with Crippen LogP contribution in [0.3, 0.4) is 0 Å². The van der Waals surface area contributed by atoms with Gasteiger partial charge in [0.25, 0.3) is 0 Å². The summed E-state index contributed by atoms with van der Waals surface area (Å²) in [6, 6.07) is 8.07. The van der Waals surface area contributed by atoms with Gasteiger partial charge < -0.3 is 9.47 Å². The van der Waals surface area contributed by atoms with Crippen molar-refractivity contribution in [3.63, 3.8) is 0 Å². The average molecular weight is 279 g/mol. The van der Waals surface area contributed by atoms with Crippen LogP contribution in [0.2, 0.25) is 0 Å². The minimum absolute atomic E-state index is 0.300. The van der Waals surface area contributed by atoms with Crippen LogP contribution in [-0.2, 0) is 19.8 Å². The molecule has 1 aromatic carbocycles. The Kier molecular flexibility index (Phi) is 6.17. The fourth-order valence-electron chi connectivity index (χ4n) is 2.10. The van der Waals surface area contributed by atoms with Crippen LogP contribution in [0.4, 0.5) is 0 Å². The highest BCUT2D eigenvalue weighted by atomic mass is 16.5. The third kappa shape index (κ3) is 3.81. The molecule has 0 saturated carbocycles. The van der Waals surface area contributed by atoms with E-state index in [9.17, 15) is 4.79 Å². The quantitative estimate of drug-likeness (QED) is 0.615. The molecule has 0 bridgehead atoms. The molecule has 1 atom stereocenters. The van der Waals surface area contributed by atoms with Crippen LogP contribution in [0.5, 0.6) is 0 Å². The summed E-state index contributed by atoms with van der Waals surface area (Å²) in [6.45, 7) is 7.24. The van der Waals surface area contributed by atoms with Crippen molar-refractivity contribution >= 4 is 5.97 Å². The van der Waals surface area contributed by atoms with Crippen LogP contribution in [0, 0.1) is 0 Å². The first kappa shape index (κ1) is 16.7. The molecule has 4 nitrogen and oxygen atoms in total. The molecule has 4 heteroatoms. The summed E-state index contributed by atoms with van der Waals surface area (Å²) in [7, 11) is 3.04. The van der Waals surface area contributed by atoms with E-state index in [1.165, 1.54) is 12.7 Å². The SMILES string of the molecule is COCCNC(C)(C(=O)OC)c1ccc(C(C)C)cc1. The Hall–Kier alpha value is -1.39. The van der Waals surface area contributed by atoms with Crippen molar-refractivity contribution in [3.05, 3.63) is 35.4 Å². The predicted octanol–water partition coefficient (Wildman–Crippen LogP) is 2.43. The summed E-state index contributed by atoms with van der Waals surface area (Å²) < 4.78 is 9.96. The van der Waals surface area contributed by atoms with Crippen LogP contribution >= 0.6 is 0 Å². The average Bonchev–Trinajstić information content (AvgIpc) is 2.46. The first-order valence-corrected chi connectivity index (χ1v) is 6.88. The molecule has 0 amide bonds. The monoisotopic (exact) mass is 279 g/mol. The molecule has 0 aliphatic heterocycles. The molecule has 0 aliphatic rings. The zero-order valence-electron chi connectivity index (χ0n) is 13.0. The number of nitrogens with one attached hydrogen (secondary N) is 1. The number of rotatable bonds is 7. The Morgan fingerprint density at radius 2 is 1.85 bits per heavy atom. The molecule has 0 heterocycles. The van der Waals surface area contributed by atoms with E-state index < -0.39 is 5.54 Å². The predicted molar refractivity (Wildman–Crippen MR) is 79.8 cm³/mol. The van der Waals surface area contributed by atoms with Gasteiger partial charge in [0, 0.05) is 13.7 Å². The van der Waals surface area contributed by atoms with Crippen molar-refractivity contribution in [2.45, 2.75) is 32.2 Å². The van der Waals surface area contributed by atoms with Gasteiger partial charge in [0.2, 0.25) is 0 Å². The van der Waals surface area contributed by atoms with Gasteiger partial charge in [-0.15, -0.1) is 0 Å². The van der Waals surface area contributed by atoms with E-state index in [0.717, 1.165) is 5.56 Å². The van der Waals surface area contributed by atoms with E-state index in [0.29, 0.717) is 19.1 Å². The summed E-state index contributed by atoms with van der Waals surface area (Å²) in [4.78, 5) is 12.1. The van der Waals surface area contributed by atoms with E-state index in [1.807, 2.05) is 19.1 Å². The second kappa shape index (κ2) is 7.41. The number of hydrogen-bond donors (Lipinski definition) is 1. The van der Waals surface area contributed by atoms with Gasteiger partial charge in [-0.3, -0.25) is 5.32 Å². The number of hydrogen-bond acceptors (Lipinski definition) is 4. The molecular weight excluding hydrogens is 254 g/mol. The smallest absolute Gasteiger partial charge is 0.330 e. The summed E-state index contributed by atoms with van der Waals surface area (Å²) in [5, 5.41) is 3.21. The fraction of sp³-hybridized carbons (Fsp3) is 0.562. The largest absolute Gasteiger partial charge is 0.467 e. The molecule has 0 fully saturated rings. The fourth-order valence-corrected chi connectivity index (χ4v) is 2.10. The maximum atomic E-state index is 12.1. The third-order valence-electron chi connectivity index (χ3n) is 3.53. The van der Waals surface area contributed by atoms with Crippen LogP contribution in [-0.4, -0.2) is 33.3 Å². The summed E-state index contributed by atoms with van der Waals surface area (Å²) in [5.74, 6) is 0.167. The van der Waals surface area contributed by atoms with Crippen molar-refractivity contribution < 1.29 is 14.3 Å². The Morgan fingerprint density at radius 3 is 2.30 bits per heavy atom. The van der Waals surface area contributed by atoms with Crippen LogP contribution in [0.1, 0.15) is 37.8 Å².